The van der Waals surface area contributed by atoms with Gasteiger partial charge in [0.15, 0.2) is 0 Å². The SMILES string of the molecule is CC(C)C[C@H](NC(=O)[C@H](CC(=O)O)NC(=O)[C@@H](NC(=O)[C@@H](N)CCC(=O)O)[C@@H](C)O)C(=O)O. The van der Waals surface area contributed by atoms with Crippen LogP contribution >= 0.6 is 0 Å². The Hall–Kier alpha value is -3.26. The molecule has 188 valence electrons. The van der Waals surface area contributed by atoms with Gasteiger partial charge in [0.05, 0.1) is 18.6 Å². The van der Waals surface area contributed by atoms with E-state index in [4.69, 9.17) is 15.9 Å². The molecular weight excluding hydrogens is 444 g/mol. The number of carboxylic acids is 3. The number of aliphatic hydroxyl groups excluding tert-OH is 1. The molecule has 0 aliphatic heterocycles. The highest BCUT2D eigenvalue weighted by molar-refractivity contribution is 5.95. The zero-order valence-electron chi connectivity index (χ0n) is 18.6. The molecule has 14 nitrogen and oxygen atoms in total. The molecule has 3 amide bonds. The predicted molar refractivity (Wildman–Crippen MR) is 112 cm³/mol. The van der Waals surface area contributed by atoms with Gasteiger partial charge in [-0.1, -0.05) is 13.8 Å². The molecule has 0 aliphatic carbocycles. The lowest BCUT2D eigenvalue weighted by Crippen LogP contribution is -2.60. The van der Waals surface area contributed by atoms with Crippen LogP contribution in [-0.4, -0.2) is 86.3 Å². The molecule has 0 aromatic carbocycles. The van der Waals surface area contributed by atoms with E-state index in [0.29, 0.717) is 0 Å². The van der Waals surface area contributed by atoms with Gasteiger partial charge in [-0.2, -0.15) is 0 Å². The summed E-state index contributed by atoms with van der Waals surface area (Å²) in [4.78, 5) is 70.4. The molecule has 0 bridgehead atoms. The molecule has 0 spiro atoms. The van der Waals surface area contributed by atoms with E-state index in [1.807, 2.05) is 0 Å². The summed E-state index contributed by atoms with van der Waals surface area (Å²) in [5.41, 5.74) is 5.57. The number of carboxylic acid groups (broad SMARTS) is 3. The van der Waals surface area contributed by atoms with E-state index in [1.165, 1.54) is 0 Å². The molecule has 0 saturated heterocycles. The standard InChI is InChI=1S/C19H32N4O10/c1-8(2)6-12(19(32)33)22-17(30)11(7-14(27)28)21-18(31)15(9(3)24)23-16(29)10(20)4-5-13(25)26/h8-12,15,24H,4-7,20H2,1-3H3,(H,21,31)(H,22,30)(H,23,29)(H,25,26)(H,27,28)(H,32,33)/t9-,10+,11+,12+,15+/m1/s1. The molecule has 0 aliphatic rings. The first-order valence-electron chi connectivity index (χ1n) is 10.2. The Morgan fingerprint density at radius 3 is 1.76 bits per heavy atom. The first-order chi connectivity index (χ1) is 15.1. The normalized spacial score (nSPS) is 15.5. The molecule has 0 aromatic rings. The highest BCUT2D eigenvalue weighted by Crippen LogP contribution is 2.07. The molecule has 9 N–H and O–H groups in total. The fourth-order valence-electron chi connectivity index (χ4n) is 2.69. The quantitative estimate of drug-likeness (QED) is 0.124. The van der Waals surface area contributed by atoms with Gasteiger partial charge in [0.25, 0.3) is 0 Å². The highest BCUT2D eigenvalue weighted by atomic mass is 16.4. The van der Waals surface area contributed by atoms with Crippen LogP contribution in [0.2, 0.25) is 0 Å². The summed E-state index contributed by atoms with van der Waals surface area (Å²) < 4.78 is 0. The first-order valence-corrected chi connectivity index (χ1v) is 10.2. The first kappa shape index (κ1) is 29.7. The van der Waals surface area contributed by atoms with Crippen LogP contribution in [-0.2, 0) is 28.8 Å². The van der Waals surface area contributed by atoms with Gasteiger partial charge in [-0.3, -0.25) is 24.0 Å². The summed E-state index contributed by atoms with van der Waals surface area (Å²) in [6.45, 7) is 4.58. The second kappa shape index (κ2) is 14.0. The molecule has 33 heavy (non-hydrogen) atoms. The third-order valence-corrected chi connectivity index (χ3v) is 4.40. The van der Waals surface area contributed by atoms with E-state index in [9.17, 15) is 39.0 Å². The maximum Gasteiger partial charge on any atom is 0.326 e. The van der Waals surface area contributed by atoms with Crippen molar-refractivity contribution in [2.24, 2.45) is 11.7 Å². The zero-order chi connectivity index (χ0) is 25.9. The van der Waals surface area contributed by atoms with Crippen molar-refractivity contribution in [1.29, 1.82) is 0 Å². The zero-order valence-corrected chi connectivity index (χ0v) is 18.6. The number of nitrogens with two attached hydrogens (primary N) is 1. The van der Waals surface area contributed by atoms with Gasteiger partial charge in [0.1, 0.15) is 18.1 Å². The van der Waals surface area contributed by atoms with Crippen LogP contribution < -0.4 is 21.7 Å². The van der Waals surface area contributed by atoms with Crippen molar-refractivity contribution in [1.82, 2.24) is 16.0 Å². The maximum absolute atomic E-state index is 12.6. The van der Waals surface area contributed by atoms with Crippen LogP contribution in [0, 0.1) is 5.92 Å². The van der Waals surface area contributed by atoms with E-state index >= 15 is 0 Å². The summed E-state index contributed by atoms with van der Waals surface area (Å²) in [6.07, 6.45) is -3.00. The summed E-state index contributed by atoms with van der Waals surface area (Å²) in [6, 6.07) is -5.99. The van der Waals surface area contributed by atoms with Gasteiger partial charge in [0.2, 0.25) is 17.7 Å². The number of aliphatic hydroxyl groups is 1. The van der Waals surface area contributed by atoms with Crippen LogP contribution in [0.25, 0.3) is 0 Å². The molecule has 0 aromatic heterocycles. The van der Waals surface area contributed by atoms with Gasteiger partial charge >= 0.3 is 17.9 Å². The Morgan fingerprint density at radius 1 is 0.788 bits per heavy atom. The number of aliphatic carboxylic acids is 3. The van der Waals surface area contributed by atoms with Crippen LogP contribution in [0.15, 0.2) is 0 Å². The van der Waals surface area contributed by atoms with Crippen molar-refractivity contribution in [3.63, 3.8) is 0 Å². The molecule has 14 heteroatoms. The monoisotopic (exact) mass is 476 g/mol. The molecule has 5 atom stereocenters. The fourth-order valence-corrected chi connectivity index (χ4v) is 2.69. The minimum absolute atomic E-state index is 0.0510. The Kier molecular flexibility index (Phi) is 12.6. The third kappa shape index (κ3) is 11.8. The van der Waals surface area contributed by atoms with E-state index in [-0.39, 0.29) is 18.8 Å². The van der Waals surface area contributed by atoms with E-state index in [0.717, 1.165) is 6.92 Å². The molecular formula is C19H32N4O10. The number of hydrogen-bond acceptors (Lipinski definition) is 8. The van der Waals surface area contributed by atoms with E-state index < -0.39 is 78.7 Å². The van der Waals surface area contributed by atoms with Crippen molar-refractivity contribution in [3.05, 3.63) is 0 Å². The molecule has 0 unspecified atom stereocenters. The van der Waals surface area contributed by atoms with Crippen LogP contribution in [0.1, 0.15) is 46.5 Å². The summed E-state index contributed by atoms with van der Waals surface area (Å²) in [5.74, 6) is -7.27. The second-order valence-corrected chi connectivity index (χ2v) is 7.95. The van der Waals surface area contributed by atoms with Gasteiger partial charge in [-0.05, 0) is 25.7 Å². The number of rotatable bonds is 15. The number of nitrogens with one attached hydrogen (secondary N) is 3. The smallest absolute Gasteiger partial charge is 0.326 e. The van der Waals surface area contributed by atoms with Crippen LogP contribution in [0.3, 0.4) is 0 Å². The average Bonchev–Trinajstić information content (AvgIpc) is 2.67. The second-order valence-electron chi connectivity index (χ2n) is 7.95. The Morgan fingerprint density at radius 2 is 1.33 bits per heavy atom. The Balaban J connectivity index is 5.42. The number of carbonyl (C=O) groups excluding carboxylic acids is 3. The Labute approximate surface area is 189 Å². The number of amides is 3. The fraction of sp³-hybridized carbons (Fsp3) is 0.684. The van der Waals surface area contributed by atoms with Gasteiger partial charge in [-0.25, -0.2) is 4.79 Å². The van der Waals surface area contributed by atoms with E-state index in [1.54, 1.807) is 13.8 Å². The van der Waals surface area contributed by atoms with Crippen LogP contribution in [0.5, 0.6) is 0 Å². The van der Waals surface area contributed by atoms with Gasteiger partial charge in [-0.15, -0.1) is 0 Å². The maximum atomic E-state index is 12.6. The van der Waals surface area contributed by atoms with Crippen molar-refractivity contribution < 1.29 is 49.2 Å². The topological polar surface area (TPSA) is 245 Å². The molecule has 0 fully saturated rings. The minimum Gasteiger partial charge on any atom is -0.481 e. The summed E-state index contributed by atoms with van der Waals surface area (Å²) in [5, 5.41) is 43.3. The van der Waals surface area contributed by atoms with Crippen LogP contribution in [0.4, 0.5) is 0 Å². The number of carbonyl (C=O) groups is 6. The van der Waals surface area contributed by atoms with Crippen molar-refractivity contribution in [2.75, 3.05) is 0 Å². The molecule has 0 radical (unpaired) electrons. The number of hydrogen-bond donors (Lipinski definition) is 8. The molecule has 0 rings (SSSR count). The lowest BCUT2D eigenvalue weighted by Gasteiger charge is -2.26. The lowest BCUT2D eigenvalue weighted by molar-refractivity contribution is -0.144. The largest absolute Gasteiger partial charge is 0.481 e. The third-order valence-electron chi connectivity index (χ3n) is 4.40. The van der Waals surface area contributed by atoms with Gasteiger partial charge < -0.3 is 42.1 Å². The molecule has 0 saturated carbocycles. The van der Waals surface area contributed by atoms with Crippen molar-refractivity contribution >= 4 is 35.6 Å². The van der Waals surface area contributed by atoms with E-state index in [2.05, 4.69) is 16.0 Å². The van der Waals surface area contributed by atoms with Crippen molar-refractivity contribution in [2.45, 2.75) is 76.7 Å². The lowest BCUT2D eigenvalue weighted by atomic mass is 10.0. The average molecular weight is 476 g/mol. The van der Waals surface area contributed by atoms with Crippen molar-refractivity contribution in [3.8, 4) is 0 Å². The summed E-state index contributed by atoms with van der Waals surface area (Å²) >= 11 is 0. The summed E-state index contributed by atoms with van der Waals surface area (Å²) in [7, 11) is 0. The highest BCUT2D eigenvalue weighted by Gasteiger charge is 2.33. The van der Waals surface area contributed by atoms with Gasteiger partial charge in [0, 0.05) is 6.42 Å². The minimum atomic E-state index is -1.71. The predicted octanol–water partition coefficient (Wildman–Crippen LogP) is -2.38. The molecule has 0 heterocycles. The Bertz CT molecular complexity index is 740.